The van der Waals surface area contributed by atoms with E-state index in [0.717, 1.165) is 0 Å². The molecule has 0 heterocycles. The first kappa shape index (κ1) is 16.5. The Balaban J connectivity index is 0.000000224. The van der Waals surface area contributed by atoms with Crippen LogP contribution in [0.1, 0.15) is 26.3 Å². The average molecular weight is 297 g/mol. The second-order valence-corrected chi connectivity index (χ2v) is 4.26. The predicted molar refractivity (Wildman–Crippen MR) is 83.5 cm³/mol. The van der Waals surface area contributed by atoms with E-state index in [0.29, 0.717) is 28.1 Å². The largest absolute Gasteiger partial charge is 0.399 e. The molecular weight excluding hydrogens is 282 g/mol. The molecule has 0 radical (unpaired) electrons. The topological polar surface area (TPSA) is 162 Å². The van der Waals surface area contributed by atoms with E-state index in [-0.39, 0.29) is 0 Å². The Bertz CT molecular complexity index is 700. The number of primary amides is 2. The molecular formula is C15H15N5O2. The molecule has 0 aliphatic heterocycles. The molecule has 0 aromatic heterocycles. The van der Waals surface area contributed by atoms with Crippen molar-refractivity contribution in [3.8, 4) is 6.07 Å². The van der Waals surface area contributed by atoms with Crippen molar-refractivity contribution in [3.05, 3.63) is 59.2 Å². The summed E-state index contributed by atoms with van der Waals surface area (Å²) in [4.78, 5) is 21.2. The van der Waals surface area contributed by atoms with Crippen LogP contribution in [0.15, 0.2) is 42.5 Å². The Hall–Kier alpha value is -3.53. The number of nitrogens with zero attached hydrogens (tertiary/aromatic N) is 1. The molecule has 0 saturated carbocycles. The zero-order chi connectivity index (χ0) is 16.7. The molecule has 7 nitrogen and oxygen atoms in total. The van der Waals surface area contributed by atoms with Gasteiger partial charge in [-0.25, -0.2) is 0 Å². The lowest BCUT2D eigenvalue weighted by atomic mass is 10.1. The first-order chi connectivity index (χ1) is 10.3. The van der Waals surface area contributed by atoms with E-state index in [1.165, 1.54) is 24.3 Å². The summed E-state index contributed by atoms with van der Waals surface area (Å²) in [5.74, 6) is -1.04. The smallest absolute Gasteiger partial charge is 0.248 e. The number of carbonyl (C=O) groups is 2. The summed E-state index contributed by atoms with van der Waals surface area (Å²) < 4.78 is 0. The molecule has 22 heavy (non-hydrogen) atoms. The van der Waals surface area contributed by atoms with E-state index >= 15 is 0 Å². The van der Waals surface area contributed by atoms with Crippen molar-refractivity contribution < 1.29 is 9.59 Å². The van der Waals surface area contributed by atoms with Crippen LogP contribution in [0.2, 0.25) is 0 Å². The molecule has 0 fully saturated rings. The Morgan fingerprint density at radius 3 is 1.64 bits per heavy atom. The summed E-state index contributed by atoms with van der Waals surface area (Å²) in [5.41, 5.74) is 23.0. The zero-order valence-corrected chi connectivity index (χ0v) is 11.6. The molecule has 0 unspecified atom stereocenters. The quantitative estimate of drug-likeness (QED) is 0.596. The predicted octanol–water partition coefficient (Wildman–Crippen LogP) is 0.607. The van der Waals surface area contributed by atoms with E-state index in [9.17, 15) is 9.59 Å². The Labute approximate surface area is 127 Å². The Kier molecular flexibility index (Phi) is 5.49. The van der Waals surface area contributed by atoms with Gasteiger partial charge in [-0.2, -0.15) is 5.26 Å². The summed E-state index contributed by atoms with van der Waals surface area (Å²) >= 11 is 0. The van der Waals surface area contributed by atoms with Crippen LogP contribution in [0.5, 0.6) is 0 Å². The Morgan fingerprint density at radius 2 is 1.32 bits per heavy atom. The third kappa shape index (κ3) is 4.54. The molecule has 2 aromatic rings. The summed E-state index contributed by atoms with van der Waals surface area (Å²) in [5, 5.41) is 8.46. The summed E-state index contributed by atoms with van der Waals surface area (Å²) in [6, 6.07) is 12.6. The number of nitrogens with two attached hydrogens (primary N) is 4. The summed E-state index contributed by atoms with van der Waals surface area (Å²) in [7, 11) is 0. The van der Waals surface area contributed by atoms with Gasteiger partial charge in [0.25, 0.3) is 0 Å². The highest BCUT2D eigenvalue weighted by molar-refractivity contribution is 5.96. The molecule has 0 aliphatic carbocycles. The number of amides is 2. The van der Waals surface area contributed by atoms with Crippen molar-refractivity contribution in [1.82, 2.24) is 0 Å². The van der Waals surface area contributed by atoms with Gasteiger partial charge in [0.05, 0.1) is 5.56 Å². The van der Waals surface area contributed by atoms with Crippen molar-refractivity contribution in [3.63, 3.8) is 0 Å². The van der Waals surface area contributed by atoms with Gasteiger partial charge >= 0.3 is 0 Å². The van der Waals surface area contributed by atoms with E-state index in [1.807, 2.05) is 6.07 Å². The number of anilines is 2. The number of carbonyl (C=O) groups excluding carboxylic acids is 2. The van der Waals surface area contributed by atoms with Gasteiger partial charge in [-0.15, -0.1) is 0 Å². The van der Waals surface area contributed by atoms with Crippen molar-refractivity contribution in [2.45, 2.75) is 0 Å². The summed E-state index contributed by atoms with van der Waals surface area (Å²) in [6.45, 7) is 0. The lowest BCUT2D eigenvalue weighted by Gasteiger charge is -1.96. The van der Waals surface area contributed by atoms with Gasteiger partial charge in [-0.05, 0) is 42.5 Å². The number of benzene rings is 2. The van der Waals surface area contributed by atoms with Crippen LogP contribution in [0.3, 0.4) is 0 Å². The van der Waals surface area contributed by atoms with E-state index in [4.69, 9.17) is 28.2 Å². The molecule has 0 spiro atoms. The van der Waals surface area contributed by atoms with Crippen molar-refractivity contribution in [1.29, 1.82) is 5.26 Å². The van der Waals surface area contributed by atoms with E-state index in [2.05, 4.69) is 0 Å². The van der Waals surface area contributed by atoms with Crippen LogP contribution in [-0.2, 0) is 0 Å². The van der Waals surface area contributed by atoms with Crippen LogP contribution >= 0.6 is 0 Å². The number of hydrogen-bond acceptors (Lipinski definition) is 5. The van der Waals surface area contributed by atoms with Gasteiger partial charge in [0.2, 0.25) is 11.8 Å². The normalized spacial score (nSPS) is 9.05. The van der Waals surface area contributed by atoms with Gasteiger partial charge in [0.15, 0.2) is 0 Å². The molecule has 2 rings (SSSR count). The fourth-order valence-corrected chi connectivity index (χ4v) is 1.47. The van der Waals surface area contributed by atoms with E-state index in [1.54, 1.807) is 18.2 Å². The molecule has 0 bridgehead atoms. The molecule has 2 amide bonds. The average Bonchev–Trinajstić information content (AvgIpc) is 2.50. The standard InChI is InChI=1S/C8H8N2O2.C7H7N3/c9-7(11)5-1-2-6(4-3-5)8(10)12;8-4-5-3-6(9)1-2-7(5)10/h1-4H,(H2,9,11)(H2,10,12);1-3H,9-10H2. The number of nitrogen functional groups attached to an aromatic ring is 2. The zero-order valence-electron chi connectivity index (χ0n) is 11.6. The van der Waals surface area contributed by atoms with Crippen molar-refractivity contribution in [2.24, 2.45) is 11.5 Å². The SMILES string of the molecule is N#Cc1cc(N)ccc1N.NC(=O)c1ccc(C(N)=O)cc1. The van der Waals surface area contributed by atoms with Crippen molar-refractivity contribution in [2.75, 3.05) is 11.5 Å². The fourth-order valence-electron chi connectivity index (χ4n) is 1.47. The van der Waals surface area contributed by atoms with Crippen LogP contribution < -0.4 is 22.9 Å². The monoisotopic (exact) mass is 297 g/mol. The highest BCUT2D eigenvalue weighted by Crippen LogP contribution is 2.13. The minimum absolute atomic E-state index is 0.361. The van der Waals surface area contributed by atoms with Gasteiger partial charge in [-0.1, -0.05) is 0 Å². The maximum absolute atomic E-state index is 10.6. The molecule has 0 saturated heterocycles. The maximum atomic E-state index is 10.6. The molecule has 8 N–H and O–H groups in total. The highest BCUT2D eigenvalue weighted by atomic mass is 16.1. The van der Waals surface area contributed by atoms with E-state index < -0.39 is 11.8 Å². The van der Waals surface area contributed by atoms with Crippen molar-refractivity contribution >= 4 is 23.2 Å². The Morgan fingerprint density at radius 1 is 0.864 bits per heavy atom. The maximum Gasteiger partial charge on any atom is 0.248 e. The summed E-state index contributed by atoms with van der Waals surface area (Å²) in [6.07, 6.45) is 0. The number of nitriles is 1. The minimum Gasteiger partial charge on any atom is -0.399 e. The molecule has 7 heteroatoms. The second-order valence-electron chi connectivity index (χ2n) is 4.26. The lowest BCUT2D eigenvalue weighted by Crippen LogP contribution is -2.13. The number of hydrogen-bond donors (Lipinski definition) is 4. The van der Waals surface area contributed by atoms with Gasteiger partial charge in [0, 0.05) is 22.5 Å². The van der Waals surface area contributed by atoms with Gasteiger partial charge < -0.3 is 22.9 Å². The third-order valence-electron chi connectivity index (χ3n) is 2.65. The van der Waals surface area contributed by atoms with Crippen LogP contribution in [0, 0.1) is 11.3 Å². The van der Waals surface area contributed by atoms with Crippen LogP contribution in [-0.4, -0.2) is 11.8 Å². The molecule has 0 atom stereocenters. The second kappa shape index (κ2) is 7.31. The third-order valence-corrected chi connectivity index (χ3v) is 2.65. The van der Waals surface area contributed by atoms with Gasteiger partial charge in [0.1, 0.15) is 6.07 Å². The molecule has 2 aromatic carbocycles. The van der Waals surface area contributed by atoms with Crippen LogP contribution in [0.25, 0.3) is 0 Å². The number of rotatable bonds is 2. The molecule has 0 aliphatic rings. The lowest BCUT2D eigenvalue weighted by molar-refractivity contribution is 0.0988. The highest BCUT2D eigenvalue weighted by Gasteiger charge is 2.02. The van der Waals surface area contributed by atoms with Crippen LogP contribution in [0.4, 0.5) is 11.4 Å². The first-order valence-corrected chi connectivity index (χ1v) is 6.10. The fraction of sp³-hybridized carbons (Fsp3) is 0. The van der Waals surface area contributed by atoms with Gasteiger partial charge in [-0.3, -0.25) is 9.59 Å². The minimum atomic E-state index is -0.522. The first-order valence-electron chi connectivity index (χ1n) is 6.10. The molecule has 112 valence electrons.